The predicted octanol–water partition coefficient (Wildman–Crippen LogP) is 1.65. The summed E-state index contributed by atoms with van der Waals surface area (Å²) in [6.07, 6.45) is 0.833. The quantitative estimate of drug-likeness (QED) is 0.832. The maximum absolute atomic E-state index is 11.7. The van der Waals surface area contributed by atoms with Crippen LogP contribution in [0.15, 0.2) is 15.7 Å². The summed E-state index contributed by atoms with van der Waals surface area (Å²) in [5.41, 5.74) is 5.96. The third-order valence-corrected chi connectivity index (χ3v) is 4.79. The highest BCUT2D eigenvalue weighted by Crippen LogP contribution is 2.21. The van der Waals surface area contributed by atoms with Crippen molar-refractivity contribution in [3.05, 3.63) is 11.4 Å². The average molecular weight is 248 g/mol. The maximum Gasteiger partial charge on any atom is 0.250 e. The molecule has 0 fully saturated rings. The first kappa shape index (κ1) is 12.5. The topological polar surface area (TPSA) is 72.2 Å². The summed E-state index contributed by atoms with van der Waals surface area (Å²) < 4.78 is 26.2. The molecule has 0 aliphatic carbocycles. The number of hydrogen-bond acceptors (Lipinski definition) is 4. The molecule has 0 atom stereocenters. The number of nitrogen functional groups attached to an aromatic ring is 1. The van der Waals surface area contributed by atoms with Crippen molar-refractivity contribution >= 4 is 27.0 Å². The molecule has 0 aliphatic rings. The Kier molecular flexibility index (Phi) is 4.12. The molecular weight excluding hydrogens is 232 g/mol. The fraction of sp³-hybridized carbons (Fsp3) is 0.556. The summed E-state index contributed by atoms with van der Waals surface area (Å²) in [4.78, 5) is 0. The molecule has 0 aliphatic heterocycles. The summed E-state index contributed by atoms with van der Waals surface area (Å²) in [6.45, 7) is 4.58. The molecule has 0 saturated heterocycles. The van der Waals surface area contributed by atoms with Crippen LogP contribution in [0.2, 0.25) is 0 Å². The summed E-state index contributed by atoms with van der Waals surface area (Å²) >= 11 is 1.14. The van der Waals surface area contributed by atoms with Gasteiger partial charge in [-0.05, 0) is 18.4 Å². The second kappa shape index (κ2) is 4.96. The van der Waals surface area contributed by atoms with E-state index in [0.29, 0.717) is 18.2 Å². The van der Waals surface area contributed by atoms with Crippen molar-refractivity contribution in [1.82, 2.24) is 4.72 Å². The van der Waals surface area contributed by atoms with E-state index in [2.05, 4.69) is 18.6 Å². The van der Waals surface area contributed by atoms with Gasteiger partial charge in [0, 0.05) is 17.6 Å². The van der Waals surface area contributed by atoms with Crippen LogP contribution in [0.1, 0.15) is 20.3 Å². The second-order valence-corrected chi connectivity index (χ2v) is 6.68. The highest BCUT2D eigenvalue weighted by atomic mass is 32.2. The molecule has 3 N–H and O–H groups in total. The number of nitrogens with one attached hydrogen (secondary N) is 1. The van der Waals surface area contributed by atoms with Gasteiger partial charge in [-0.3, -0.25) is 0 Å². The molecule has 86 valence electrons. The SMILES string of the molecule is CC(C)CCNS(=O)(=O)c1cc(N)cs1. The molecule has 1 aromatic heterocycles. The maximum atomic E-state index is 11.7. The van der Waals surface area contributed by atoms with E-state index in [9.17, 15) is 8.42 Å². The first-order chi connectivity index (χ1) is 6.92. The Bertz CT molecular complexity index is 410. The fourth-order valence-electron chi connectivity index (χ4n) is 1.02. The van der Waals surface area contributed by atoms with E-state index < -0.39 is 10.0 Å². The number of thiophene rings is 1. The molecule has 0 spiro atoms. The summed E-state index contributed by atoms with van der Waals surface area (Å²) in [5, 5.41) is 1.62. The van der Waals surface area contributed by atoms with Crippen molar-refractivity contribution < 1.29 is 8.42 Å². The molecule has 1 aromatic rings. The first-order valence-electron chi connectivity index (χ1n) is 4.75. The lowest BCUT2D eigenvalue weighted by Gasteiger charge is -2.06. The zero-order valence-corrected chi connectivity index (χ0v) is 10.5. The lowest BCUT2D eigenvalue weighted by molar-refractivity contribution is 0.553. The minimum Gasteiger partial charge on any atom is -0.398 e. The van der Waals surface area contributed by atoms with Crippen LogP contribution in [0.25, 0.3) is 0 Å². The molecule has 0 bridgehead atoms. The normalized spacial score (nSPS) is 12.2. The second-order valence-electron chi connectivity index (χ2n) is 3.78. The average Bonchev–Trinajstić information content (AvgIpc) is 2.51. The van der Waals surface area contributed by atoms with E-state index in [-0.39, 0.29) is 4.21 Å². The molecule has 15 heavy (non-hydrogen) atoms. The van der Waals surface area contributed by atoms with E-state index in [0.717, 1.165) is 17.8 Å². The van der Waals surface area contributed by atoms with Gasteiger partial charge in [-0.2, -0.15) is 0 Å². The van der Waals surface area contributed by atoms with Gasteiger partial charge in [-0.15, -0.1) is 11.3 Å². The van der Waals surface area contributed by atoms with Crippen LogP contribution in [0, 0.1) is 5.92 Å². The van der Waals surface area contributed by atoms with Gasteiger partial charge in [0.05, 0.1) is 0 Å². The minimum atomic E-state index is -3.35. The van der Waals surface area contributed by atoms with Crippen LogP contribution < -0.4 is 10.5 Å². The van der Waals surface area contributed by atoms with Crippen LogP contribution in [0.5, 0.6) is 0 Å². The molecule has 0 amide bonds. The van der Waals surface area contributed by atoms with E-state index in [1.807, 2.05) is 0 Å². The Balaban J connectivity index is 2.60. The molecular formula is C9H16N2O2S2. The van der Waals surface area contributed by atoms with Crippen molar-refractivity contribution in [2.24, 2.45) is 5.92 Å². The molecule has 1 rings (SSSR count). The monoisotopic (exact) mass is 248 g/mol. The third kappa shape index (κ3) is 3.81. The Morgan fingerprint density at radius 3 is 2.67 bits per heavy atom. The zero-order chi connectivity index (χ0) is 11.5. The van der Waals surface area contributed by atoms with E-state index in [1.54, 1.807) is 5.38 Å². The van der Waals surface area contributed by atoms with Crippen molar-refractivity contribution in [2.45, 2.75) is 24.5 Å². The van der Waals surface area contributed by atoms with E-state index >= 15 is 0 Å². The van der Waals surface area contributed by atoms with Gasteiger partial charge in [0.25, 0.3) is 0 Å². The lowest BCUT2D eigenvalue weighted by Crippen LogP contribution is -2.24. The van der Waals surface area contributed by atoms with E-state index in [1.165, 1.54) is 6.07 Å². The molecule has 0 unspecified atom stereocenters. The number of anilines is 1. The van der Waals surface area contributed by atoms with Gasteiger partial charge in [-0.1, -0.05) is 13.8 Å². The zero-order valence-electron chi connectivity index (χ0n) is 8.86. The Hall–Kier alpha value is -0.590. The minimum absolute atomic E-state index is 0.281. The van der Waals surface area contributed by atoms with Crippen molar-refractivity contribution in [3.8, 4) is 0 Å². The summed E-state index contributed by atoms with van der Waals surface area (Å²) in [7, 11) is -3.35. The Morgan fingerprint density at radius 1 is 1.53 bits per heavy atom. The van der Waals surface area contributed by atoms with Crippen molar-refractivity contribution in [2.75, 3.05) is 12.3 Å². The summed E-state index contributed by atoms with van der Waals surface area (Å²) in [6, 6.07) is 1.47. The van der Waals surface area contributed by atoms with Gasteiger partial charge in [-0.25, -0.2) is 13.1 Å². The lowest BCUT2D eigenvalue weighted by atomic mass is 10.1. The smallest absolute Gasteiger partial charge is 0.250 e. The van der Waals surface area contributed by atoms with Crippen molar-refractivity contribution in [3.63, 3.8) is 0 Å². The number of rotatable bonds is 5. The summed E-state index contributed by atoms with van der Waals surface area (Å²) in [5.74, 6) is 0.487. The standard InChI is InChI=1S/C9H16N2O2S2/c1-7(2)3-4-11-15(12,13)9-5-8(10)6-14-9/h5-7,11H,3-4,10H2,1-2H3. The van der Waals surface area contributed by atoms with Gasteiger partial charge in [0.1, 0.15) is 4.21 Å². The molecule has 6 heteroatoms. The van der Waals surface area contributed by atoms with Gasteiger partial charge in [0.2, 0.25) is 10.0 Å². The Morgan fingerprint density at radius 2 is 2.20 bits per heavy atom. The van der Waals surface area contributed by atoms with Crippen LogP contribution in [-0.2, 0) is 10.0 Å². The molecule has 1 heterocycles. The van der Waals surface area contributed by atoms with Crippen molar-refractivity contribution in [1.29, 1.82) is 0 Å². The van der Waals surface area contributed by atoms with Crippen LogP contribution in [0.4, 0.5) is 5.69 Å². The van der Waals surface area contributed by atoms with Gasteiger partial charge in [0.15, 0.2) is 0 Å². The van der Waals surface area contributed by atoms with Gasteiger partial charge >= 0.3 is 0 Å². The molecule has 0 radical (unpaired) electrons. The van der Waals surface area contributed by atoms with Gasteiger partial charge < -0.3 is 5.73 Å². The molecule has 4 nitrogen and oxygen atoms in total. The number of nitrogens with two attached hydrogens (primary N) is 1. The fourth-order valence-corrected chi connectivity index (χ4v) is 3.20. The van der Waals surface area contributed by atoms with Crippen LogP contribution >= 0.6 is 11.3 Å². The first-order valence-corrected chi connectivity index (χ1v) is 7.12. The predicted molar refractivity (Wildman–Crippen MR) is 63.4 cm³/mol. The number of sulfonamides is 1. The largest absolute Gasteiger partial charge is 0.398 e. The highest BCUT2D eigenvalue weighted by Gasteiger charge is 2.15. The number of hydrogen-bond donors (Lipinski definition) is 2. The third-order valence-electron chi connectivity index (χ3n) is 1.87. The molecule has 0 aromatic carbocycles. The Labute approximate surface area is 94.5 Å². The highest BCUT2D eigenvalue weighted by molar-refractivity contribution is 7.91. The molecule has 0 saturated carbocycles. The van der Waals surface area contributed by atoms with Crippen LogP contribution in [-0.4, -0.2) is 15.0 Å². The van der Waals surface area contributed by atoms with E-state index in [4.69, 9.17) is 5.73 Å². The van der Waals surface area contributed by atoms with Crippen LogP contribution in [0.3, 0.4) is 0 Å².